The SMILES string of the molecule is CCCCC(CC)Cn1cc(C(C)N)nn1. The molecule has 0 fully saturated rings. The minimum Gasteiger partial charge on any atom is -0.323 e. The van der Waals surface area contributed by atoms with Gasteiger partial charge in [-0.1, -0.05) is 38.3 Å². The van der Waals surface area contributed by atoms with Crippen LogP contribution in [0.5, 0.6) is 0 Å². The molecule has 0 saturated heterocycles. The van der Waals surface area contributed by atoms with Crippen LogP contribution in [0.1, 0.15) is 58.2 Å². The van der Waals surface area contributed by atoms with E-state index >= 15 is 0 Å². The monoisotopic (exact) mass is 224 g/mol. The maximum Gasteiger partial charge on any atom is 0.0991 e. The van der Waals surface area contributed by atoms with E-state index in [9.17, 15) is 0 Å². The molecule has 4 heteroatoms. The Hall–Kier alpha value is -0.900. The van der Waals surface area contributed by atoms with Crippen molar-refractivity contribution in [3.05, 3.63) is 11.9 Å². The number of unbranched alkanes of at least 4 members (excludes halogenated alkanes) is 1. The summed E-state index contributed by atoms with van der Waals surface area (Å²) in [4.78, 5) is 0. The van der Waals surface area contributed by atoms with Crippen molar-refractivity contribution in [1.82, 2.24) is 15.0 Å². The zero-order chi connectivity index (χ0) is 12.0. The number of nitrogens with zero attached hydrogens (tertiary/aromatic N) is 3. The van der Waals surface area contributed by atoms with E-state index in [1.165, 1.54) is 25.7 Å². The van der Waals surface area contributed by atoms with Crippen molar-refractivity contribution in [2.75, 3.05) is 0 Å². The average molecular weight is 224 g/mol. The normalized spacial score (nSPS) is 15.0. The van der Waals surface area contributed by atoms with Gasteiger partial charge in [-0.05, 0) is 19.3 Å². The molecule has 0 aliphatic carbocycles. The first-order chi connectivity index (χ1) is 7.67. The van der Waals surface area contributed by atoms with Crippen LogP contribution in [0.4, 0.5) is 0 Å². The van der Waals surface area contributed by atoms with Gasteiger partial charge in [0.25, 0.3) is 0 Å². The Morgan fingerprint density at radius 1 is 1.44 bits per heavy atom. The molecule has 0 aliphatic rings. The summed E-state index contributed by atoms with van der Waals surface area (Å²) in [6.45, 7) is 7.37. The zero-order valence-electron chi connectivity index (χ0n) is 10.7. The summed E-state index contributed by atoms with van der Waals surface area (Å²) in [7, 11) is 0. The highest BCUT2D eigenvalue weighted by atomic mass is 15.4. The summed E-state index contributed by atoms with van der Waals surface area (Å²) in [5, 5.41) is 8.19. The highest BCUT2D eigenvalue weighted by Crippen LogP contribution is 2.15. The van der Waals surface area contributed by atoms with E-state index in [4.69, 9.17) is 5.73 Å². The molecule has 1 rings (SSSR count). The lowest BCUT2D eigenvalue weighted by atomic mass is 9.99. The van der Waals surface area contributed by atoms with Crippen LogP contribution in [0, 0.1) is 5.92 Å². The van der Waals surface area contributed by atoms with Crippen LogP contribution in [0.25, 0.3) is 0 Å². The largest absolute Gasteiger partial charge is 0.323 e. The van der Waals surface area contributed by atoms with Crippen LogP contribution in [0.2, 0.25) is 0 Å². The number of hydrogen-bond donors (Lipinski definition) is 1. The predicted octanol–water partition coefficient (Wildman–Crippen LogP) is 2.51. The van der Waals surface area contributed by atoms with Crippen molar-refractivity contribution < 1.29 is 0 Å². The second-order valence-corrected chi connectivity index (χ2v) is 4.57. The van der Waals surface area contributed by atoms with Crippen LogP contribution in [0.3, 0.4) is 0 Å². The highest BCUT2D eigenvalue weighted by molar-refractivity contribution is 4.97. The Kier molecular flexibility index (Phi) is 5.46. The Morgan fingerprint density at radius 2 is 2.19 bits per heavy atom. The van der Waals surface area contributed by atoms with E-state index in [0.29, 0.717) is 5.92 Å². The zero-order valence-corrected chi connectivity index (χ0v) is 10.7. The van der Waals surface area contributed by atoms with Crippen LogP contribution in [0.15, 0.2) is 6.20 Å². The molecule has 0 bridgehead atoms. The van der Waals surface area contributed by atoms with Crippen LogP contribution in [-0.4, -0.2) is 15.0 Å². The van der Waals surface area contributed by atoms with Crippen molar-refractivity contribution in [1.29, 1.82) is 0 Å². The van der Waals surface area contributed by atoms with Crippen LogP contribution in [-0.2, 0) is 6.54 Å². The summed E-state index contributed by atoms with van der Waals surface area (Å²) in [5.41, 5.74) is 6.63. The fourth-order valence-electron chi connectivity index (χ4n) is 1.79. The lowest BCUT2D eigenvalue weighted by Gasteiger charge is -2.13. The summed E-state index contributed by atoms with van der Waals surface area (Å²) < 4.78 is 1.93. The van der Waals surface area contributed by atoms with Gasteiger partial charge in [-0.3, -0.25) is 4.68 Å². The standard InChI is InChI=1S/C12H24N4/c1-4-6-7-11(5-2)8-16-9-12(10(3)13)14-15-16/h9-11H,4-8,13H2,1-3H3. The third kappa shape index (κ3) is 3.93. The van der Waals surface area contributed by atoms with Gasteiger partial charge in [0.15, 0.2) is 0 Å². The molecule has 4 nitrogen and oxygen atoms in total. The lowest BCUT2D eigenvalue weighted by Crippen LogP contribution is -2.11. The molecule has 2 unspecified atom stereocenters. The van der Waals surface area contributed by atoms with E-state index in [1.807, 2.05) is 17.8 Å². The lowest BCUT2D eigenvalue weighted by molar-refractivity contribution is 0.368. The molecular formula is C12H24N4. The van der Waals surface area contributed by atoms with Crippen LogP contribution >= 0.6 is 0 Å². The first kappa shape index (κ1) is 13.2. The van der Waals surface area contributed by atoms with E-state index < -0.39 is 0 Å². The molecule has 0 amide bonds. The minimum atomic E-state index is -0.0236. The van der Waals surface area contributed by atoms with E-state index in [0.717, 1.165) is 12.2 Å². The van der Waals surface area contributed by atoms with Gasteiger partial charge in [0, 0.05) is 12.6 Å². The molecule has 1 aromatic rings. The second-order valence-electron chi connectivity index (χ2n) is 4.57. The average Bonchev–Trinajstić information content (AvgIpc) is 2.72. The van der Waals surface area contributed by atoms with Crippen molar-refractivity contribution in [3.8, 4) is 0 Å². The molecular weight excluding hydrogens is 200 g/mol. The molecule has 92 valence electrons. The fourth-order valence-corrected chi connectivity index (χ4v) is 1.79. The minimum absolute atomic E-state index is 0.0236. The number of nitrogens with two attached hydrogens (primary N) is 1. The number of rotatable bonds is 7. The van der Waals surface area contributed by atoms with Crippen molar-refractivity contribution >= 4 is 0 Å². The van der Waals surface area contributed by atoms with Crippen LogP contribution < -0.4 is 5.73 Å². The summed E-state index contributed by atoms with van der Waals surface area (Å²) in [5.74, 6) is 0.711. The fraction of sp³-hybridized carbons (Fsp3) is 0.833. The molecule has 0 aliphatic heterocycles. The van der Waals surface area contributed by atoms with Gasteiger partial charge in [-0.25, -0.2) is 0 Å². The molecule has 16 heavy (non-hydrogen) atoms. The molecule has 2 atom stereocenters. The first-order valence-electron chi connectivity index (χ1n) is 6.33. The van der Waals surface area contributed by atoms with Crippen molar-refractivity contribution in [2.45, 2.75) is 59.0 Å². The quantitative estimate of drug-likeness (QED) is 0.774. The third-order valence-electron chi connectivity index (χ3n) is 3.01. The first-order valence-corrected chi connectivity index (χ1v) is 6.33. The van der Waals surface area contributed by atoms with Crippen molar-refractivity contribution in [2.24, 2.45) is 11.7 Å². The predicted molar refractivity (Wildman–Crippen MR) is 65.9 cm³/mol. The Balaban J connectivity index is 2.49. The molecule has 0 spiro atoms. The van der Waals surface area contributed by atoms with Gasteiger partial charge in [-0.15, -0.1) is 5.10 Å². The molecule has 2 N–H and O–H groups in total. The topological polar surface area (TPSA) is 56.7 Å². The molecule has 1 heterocycles. The Morgan fingerprint density at radius 3 is 2.69 bits per heavy atom. The van der Waals surface area contributed by atoms with E-state index in [2.05, 4.69) is 24.2 Å². The second kappa shape index (κ2) is 6.63. The van der Waals surface area contributed by atoms with E-state index in [-0.39, 0.29) is 6.04 Å². The van der Waals surface area contributed by atoms with Gasteiger partial charge in [-0.2, -0.15) is 0 Å². The molecule has 0 saturated carbocycles. The summed E-state index contributed by atoms with van der Waals surface area (Å²) >= 11 is 0. The maximum atomic E-state index is 5.75. The molecule has 0 aromatic carbocycles. The third-order valence-corrected chi connectivity index (χ3v) is 3.01. The van der Waals surface area contributed by atoms with Gasteiger partial charge < -0.3 is 5.73 Å². The Labute approximate surface area is 98.2 Å². The van der Waals surface area contributed by atoms with E-state index in [1.54, 1.807) is 0 Å². The van der Waals surface area contributed by atoms with Gasteiger partial charge >= 0.3 is 0 Å². The Bertz CT molecular complexity index is 293. The van der Waals surface area contributed by atoms with Gasteiger partial charge in [0.2, 0.25) is 0 Å². The number of hydrogen-bond acceptors (Lipinski definition) is 3. The van der Waals surface area contributed by atoms with Crippen molar-refractivity contribution in [3.63, 3.8) is 0 Å². The highest BCUT2D eigenvalue weighted by Gasteiger charge is 2.10. The number of aromatic nitrogens is 3. The van der Waals surface area contributed by atoms with Gasteiger partial charge in [0.05, 0.1) is 11.9 Å². The maximum absolute atomic E-state index is 5.75. The summed E-state index contributed by atoms with van der Waals surface area (Å²) in [6.07, 6.45) is 7.01. The van der Waals surface area contributed by atoms with Gasteiger partial charge in [0.1, 0.15) is 0 Å². The smallest absolute Gasteiger partial charge is 0.0991 e. The summed E-state index contributed by atoms with van der Waals surface area (Å²) in [6, 6.07) is -0.0236. The molecule has 1 aromatic heterocycles. The molecule has 0 radical (unpaired) electrons.